The highest BCUT2D eigenvalue weighted by Crippen LogP contribution is 2.36. The number of benzene rings is 2. The summed E-state index contributed by atoms with van der Waals surface area (Å²) >= 11 is 18.2. The Morgan fingerprint density at radius 1 is 1.20 bits per heavy atom. The van der Waals surface area contributed by atoms with E-state index in [1.165, 1.54) is 4.90 Å². The molecule has 130 valence electrons. The number of rotatable bonds is 3. The number of nitrogens with one attached hydrogen (secondary N) is 1. The Labute approximate surface area is 160 Å². The van der Waals surface area contributed by atoms with Crippen LogP contribution in [0.3, 0.4) is 0 Å². The molecule has 2 amide bonds. The third-order valence-corrected chi connectivity index (χ3v) is 5.22. The molecule has 2 aromatic carbocycles. The first kappa shape index (κ1) is 18.1. The predicted molar refractivity (Wildman–Crippen MR) is 102 cm³/mol. The lowest BCUT2D eigenvalue weighted by Crippen LogP contribution is -2.28. The third-order valence-electron chi connectivity index (χ3n) is 4.18. The van der Waals surface area contributed by atoms with Gasteiger partial charge >= 0.3 is 0 Å². The number of hydrogen-bond donors (Lipinski definition) is 1. The summed E-state index contributed by atoms with van der Waals surface area (Å²) < 4.78 is 0. The van der Waals surface area contributed by atoms with Gasteiger partial charge in [-0.1, -0.05) is 46.9 Å². The van der Waals surface area contributed by atoms with Crippen molar-refractivity contribution in [2.45, 2.75) is 13.3 Å². The van der Waals surface area contributed by atoms with E-state index in [2.05, 4.69) is 5.32 Å². The highest BCUT2D eigenvalue weighted by atomic mass is 35.5. The van der Waals surface area contributed by atoms with Crippen molar-refractivity contribution in [3.8, 4) is 0 Å². The topological polar surface area (TPSA) is 49.4 Å². The summed E-state index contributed by atoms with van der Waals surface area (Å²) in [4.78, 5) is 26.4. The van der Waals surface area contributed by atoms with Crippen LogP contribution in [0.4, 0.5) is 11.4 Å². The first-order chi connectivity index (χ1) is 11.9. The molecule has 1 aliphatic heterocycles. The molecule has 1 aliphatic rings. The van der Waals surface area contributed by atoms with E-state index < -0.39 is 5.92 Å². The molecule has 0 aliphatic carbocycles. The fourth-order valence-electron chi connectivity index (χ4n) is 2.78. The summed E-state index contributed by atoms with van der Waals surface area (Å²) in [6, 6.07) is 10.4. The van der Waals surface area contributed by atoms with Gasteiger partial charge in [-0.05, 0) is 36.8 Å². The van der Waals surface area contributed by atoms with Crippen LogP contribution < -0.4 is 10.2 Å². The van der Waals surface area contributed by atoms with Gasteiger partial charge in [0.05, 0.1) is 21.7 Å². The molecule has 0 radical (unpaired) electrons. The van der Waals surface area contributed by atoms with E-state index in [1.807, 2.05) is 13.0 Å². The summed E-state index contributed by atoms with van der Waals surface area (Å²) in [6.45, 7) is 2.13. The monoisotopic (exact) mass is 396 g/mol. The van der Waals surface area contributed by atoms with Gasteiger partial charge in [0.25, 0.3) is 0 Å². The summed E-state index contributed by atoms with van der Waals surface area (Å²) in [7, 11) is 0. The summed E-state index contributed by atoms with van der Waals surface area (Å²) in [5.41, 5.74) is 2.06. The lowest BCUT2D eigenvalue weighted by molar-refractivity contribution is -0.122. The fraction of sp³-hybridized carbons (Fsp3) is 0.222. The summed E-state index contributed by atoms with van der Waals surface area (Å²) in [5, 5.41) is 4.07. The molecule has 0 aromatic heterocycles. The Hall–Kier alpha value is -1.75. The van der Waals surface area contributed by atoms with Gasteiger partial charge in [-0.3, -0.25) is 9.59 Å². The van der Waals surface area contributed by atoms with Gasteiger partial charge < -0.3 is 10.2 Å². The quantitative estimate of drug-likeness (QED) is 0.797. The van der Waals surface area contributed by atoms with Crippen molar-refractivity contribution in [3.05, 3.63) is 57.0 Å². The highest BCUT2D eigenvalue weighted by Gasteiger charge is 2.36. The molecular weight excluding hydrogens is 383 g/mol. The van der Waals surface area contributed by atoms with Crippen molar-refractivity contribution in [1.29, 1.82) is 0 Å². The number of hydrogen-bond acceptors (Lipinski definition) is 2. The SMILES string of the molecule is Cc1ccc(Cl)cc1NC(=O)[C@H]1CC(=O)N(c2cccc(Cl)c2Cl)C1. The van der Waals surface area contributed by atoms with Crippen LogP contribution in [0.1, 0.15) is 12.0 Å². The second kappa shape index (κ2) is 7.24. The number of carbonyl (C=O) groups excluding carboxylic acids is 2. The van der Waals surface area contributed by atoms with E-state index in [1.54, 1.807) is 30.3 Å². The van der Waals surface area contributed by atoms with Crippen molar-refractivity contribution in [2.24, 2.45) is 5.92 Å². The van der Waals surface area contributed by atoms with Gasteiger partial charge in [-0.25, -0.2) is 0 Å². The van der Waals surface area contributed by atoms with Crippen LogP contribution in [0.5, 0.6) is 0 Å². The van der Waals surface area contributed by atoms with Crippen molar-refractivity contribution in [2.75, 3.05) is 16.8 Å². The zero-order valence-electron chi connectivity index (χ0n) is 13.4. The maximum absolute atomic E-state index is 12.6. The molecule has 0 unspecified atom stereocenters. The van der Waals surface area contributed by atoms with E-state index >= 15 is 0 Å². The van der Waals surface area contributed by atoms with Crippen LogP contribution in [0.15, 0.2) is 36.4 Å². The van der Waals surface area contributed by atoms with Crippen LogP contribution in [0, 0.1) is 12.8 Å². The Bertz CT molecular complexity index is 854. The number of carbonyl (C=O) groups is 2. The highest BCUT2D eigenvalue weighted by molar-refractivity contribution is 6.44. The molecule has 1 heterocycles. The Morgan fingerprint density at radius 3 is 2.72 bits per heavy atom. The molecule has 0 bridgehead atoms. The van der Waals surface area contributed by atoms with Crippen molar-refractivity contribution < 1.29 is 9.59 Å². The molecule has 3 rings (SSSR count). The average molecular weight is 398 g/mol. The maximum atomic E-state index is 12.6. The first-order valence-electron chi connectivity index (χ1n) is 7.68. The van der Waals surface area contributed by atoms with E-state index in [0.29, 0.717) is 26.4 Å². The molecule has 0 saturated carbocycles. The van der Waals surface area contributed by atoms with Gasteiger partial charge in [0.1, 0.15) is 0 Å². The van der Waals surface area contributed by atoms with Crippen molar-refractivity contribution in [1.82, 2.24) is 0 Å². The van der Waals surface area contributed by atoms with Crippen molar-refractivity contribution in [3.63, 3.8) is 0 Å². The zero-order chi connectivity index (χ0) is 18.1. The van der Waals surface area contributed by atoms with E-state index in [-0.39, 0.29) is 24.8 Å². The molecule has 1 N–H and O–H groups in total. The third kappa shape index (κ3) is 3.76. The molecule has 25 heavy (non-hydrogen) atoms. The minimum absolute atomic E-state index is 0.119. The maximum Gasteiger partial charge on any atom is 0.229 e. The Balaban J connectivity index is 1.77. The number of amides is 2. The molecule has 1 fully saturated rings. The molecule has 4 nitrogen and oxygen atoms in total. The summed E-state index contributed by atoms with van der Waals surface area (Å²) in [5.74, 6) is -0.854. The molecule has 0 spiro atoms. The zero-order valence-corrected chi connectivity index (χ0v) is 15.6. The molecular formula is C18H15Cl3N2O2. The minimum Gasteiger partial charge on any atom is -0.325 e. The van der Waals surface area contributed by atoms with E-state index in [0.717, 1.165) is 5.56 Å². The molecule has 1 atom stereocenters. The van der Waals surface area contributed by atoms with Crippen LogP contribution in [0.2, 0.25) is 15.1 Å². The average Bonchev–Trinajstić information content (AvgIpc) is 2.95. The summed E-state index contributed by atoms with van der Waals surface area (Å²) in [6.07, 6.45) is 0.119. The number of nitrogens with zero attached hydrogens (tertiary/aromatic N) is 1. The van der Waals surface area contributed by atoms with E-state index in [4.69, 9.17) is 34.8 Å². The van der Waals surface area contributed by atoms with Crippen LogP contribution in [-0.2, 0) is 9.59 Å². The molecule has 1 saturated heterocycles. The predicted octanol–water partition coefficient (Wildman–Crippen LogP) is 4.95. The first-order valence-corrected chi connectivity index (χ1v) is 8.81. The van der Waals surface area contributed by atoms with Gasteiger partial charge in [0, 0.05) is 23.7 Å². The second-order valence-electron chi connectivity index (χ2n) is 5.93. The smallest absolute Gasteiger partial charge is 0.229 e. The van der Waals surface area contributed by atoms with Crippen molar-refractivity contribution >= 4 is 58.0 Å². The number of anilines is 2. The second-order valence-corrected chi connectivity index (χ2v) is 7.15. The van der Waals surface area contributed by atoms with Crippen LogP contribution in [-0.4, -0.2) is 18.4 Å². The van der Waals surface area contributed by atoms with Gasteiger partial charge in [-0.15, -0.1) is 0 Å². The van der Waals surface area contributed by atoms with Crippen LogP contribution >= 0.6 is 34.8 Å². The normalized spacial score (nSPS) is 17.0. The van der Waals surface area contributed by atoms with Gasteiger partial charge in [0.2, 0.25) is 11.8 Å². The minimum atomic E-state index is -0.471. The fourth-order valence-corrected chi connectivity index (χ4v) is 3.35. The lowest BCUT2D eigenvalue weighted by atomic mass is 10.1. The molecule has 2 aromatic rings. The Morgan fingerprint density at radius 2 is 1.96 bits per heavy atom. The molecule has 7 heteroatoms. The van der Waals surface area contributed by atoms with Crippen LogP contribution in [0.25, 0.3) is 0 Å². The largest absolute Gasteiger partial charge is 0.325 e. The lowest BCUT2D eigenvalue weighted by Gasteiger charge is -2.19. The van der Waals surface area contributed by atoms with E-state index in [9.17, 15) is 9.59 Å². The van der Waals surface area contributed by atoms with Gasteiger partial charge in [0.15, 0.2) is 0 Å². The Kier molecular flexibility index (Phi) is 5.23. The number of halogens is 3. The number of aryl methyl sites for hydroxylation is 1. The standard InChI is InChI=1S/C18H15Cl3N2O2/c1-10-5-6-12(19)8-14(10)22-18(25)11-7-16(24)23(9-11)15-4-2-3-13(20)17(15)21/h2-6,8,11H,7,9H2,1H3,(H,22,25)/t11-/m0/s1. The van der Waals surface area contributed by atoms with Gasteiger partial charge in [-0.2, -0.15) is 0 Å².